The number of nitrogens with one attached hydrogen (secondary N) is 1. The van der Waals surface area contributed by atoms with Gasteiger partial charge in [0.05, 0.1) is 11.8 Å². The van der Waals surface area contributed by atoms with Crippen molar-refractivity contribution in [3.05, 3.63) is 56.9 Å². The van der Waals surface area contributed by atoms with E-state index in [9.17, 15) is 14.4 Å². The molecule has 134 valence electrons. The first kappa shape index (κ1) is 17.8. The van der Waals surface area contributed by atoms with Crippen LogP contribution in [0.2, 0.25) is 0 Å². The van der Waals surface area contributed by atoms with Crippen LogP contribution in [0.15, 0.2) is 39.5 Å². The van der Waals surface area contributed by atoms with Gasteiger partial charge in [0.2, 0.25) is 0 Å². The van der Waals surface area contributed by atoms with Crippen molar-refractivity contribution in [2.24, 2.45) is 0 Å². The summed E-state index contributed by atoms with van der Waals surface area (Å²) in [6, 6.07) is 8.37. The molecule has 3 aromatic rings. The number of ether oxygens (including phenoxy) is 1. The highest BCUT2D eigenvalue weighted by Crippen LogP contribution is 2.24. The normalized spacial score (nSPS) is 10.9. The average Bonchev–Trinajstić information content (AvgIpc) is 2.94. The summed E-state index contributed by atoms with van der Waals surface area (Å²) in [4.78, 5) is 40.9. The predicted molar refractivity (Wildman–Crippen MR) is 97.8 cm³/mol. The lowest BCUT2D eigenvalue weighted by molar-refractivity contribution is 0.0382. The standard InChI is InChI=1S/C18H16N2O5S/c1-9(2)24-17(23)14-10(3)19-18(26-14)20-15(21)12-8-11-6-4-5-7-13(11)25-16(12)22/h4-9H,1-3H3,(H,19,20,21). The van der Waals surface area contributed by atoms with Crippen LogP contribution in [0.5, 0.6) is 0 Å². The summed E-state index contributed by atoms with van der Waals surface area (Å²) >= 11 is 0.992. The van der Waals surface area contributed by atoms with Gasteiger partial charge >= 0.3 is 11.6 Å². The Bertz CT molecular complexity index is 1050. The first-order chi connectivity index (χ1) is 12.3. The van der Waals surface area contributed by atoms with Crippen LogP contribution in [0.4, 0.5) is 5.13 Å². The molecule has 0 fully saturated rings. The minimum absolute atomic E-state index is 0.136. The second kappa shape index (κ2) is 7.09. The quantitative estimate of drug-likeness (QED) is 0.557. The first-order valence-corrected chi connectivity index (χ1v) is 8.69. The number of hydrogen-bond acceptors (Lipinski definition) is 7. The summed E-state index contributed by atoms with van der Waals surface area (Å²) in [7, 11) is 0. The number of rotatable bonds is 4. The van der Waals surface area contributed by atoms with Crippen LogP contribution in [-0.4, -0.2) is 23.0 Å². The SMILES string of the molecule is Cc1nc(NC(=O)c2cc3ccccc3oc2=O)sc1C(=O)OC(C)C. The van der Waals surface area contributed by atoms with E-state index in [4.69, 9.17) is 9.15 Å². The van der Waals surface area contributed by atoms with Gasteiger partial charge in [0.15, 0.2) is 5.13 Å². The number of carbonyl (C=O) groups excluding carboxylic acids is 2. The largest absolute Gasteiger partial charge is 0.459 e. The maximum atomic E-state index is 12.4. The Labute approximate surface area is 152 Å². The Kier molecular flexibility index (Phi) is 4.85. The molecule has 0 aliphatic rings. The maximum absolute atomic E-state index is 12.4. The number of anilines is 1. The number of benzene rings is 1. The molecular weight excluding hydrogens is 356 g/mol. The second-order valence-electron chi connectivity index (χ2n) is 5.83. The van der Waals surface area contributed by atoms with Crippen molar-refractivity contribution in [3.63, 3.8) is 0 Å². The molecule has 0 saturated heterocycles. The van der Waals surface area contributed by atoms with E-state index in [1.165, 1.54) is 6.07 Å². The van der Waals surface area contributed by atoms with E-state index < -0.39 is 17.5 Å². The summed E-state index contributed by atoms with van der Waals surface area (Å²) in [5, 5.41) is 3.37. The van der Waals surface area contributed by atoms with Crippen LogP contribution in [-0.2, 0) is 4.74 Å². The van der Waals surface area contributed by atoms with E-state index in [1.54, 1.807) is 45.0 Å². The van der Waals surface area contributed by atoms with Gasteiger partial charge in [-0.3, -0.25) is 10.1 Å². The molecule has 0 unspecified atom stereocenters. The lowest BCUT2D eigenvalue weighted by Crippen LogP contribution is -2.20. The first-order valence-electron chi connectivity index (χ1n) is 7.88. The second-order valence-corrected chi connectivity index (χ2v) is 6.83. The summed E-state index contributed by atoms with van der Waals surface area (Å²) in [6.45, 7) is 5.14. The summed E-state index contributed by atoms with van der Waals surface area (Å²) < 4.78 is 10.3. The van der Waals surface area contributed by atoms with E-state index in [-0.39, 0.29) is 16.8 Å². The molecule has 0 aliphatic heterocycles. The highest BCUT2D eigenvalue weighted by molar-refractivity contribution is 7.17. The van der Waals surface area contributed by atoms with E-state index in [0.717, 1.165) is 11.3 Å². The Balaban J connectivity index is 1.86. The van der Waals surface area contributed by atoms with Gasteiger partial charge in [0.1, 0.15) is 16.0 Å². The van der Waals surface area contributed by atoms with Crippen molar-refractivity contribution < 1.29 is 18.7 Å². The van der Waals surface area contributed by atoms with Crippen LogP contribution < -0.4 is 10.9 Å². The maximum Gasteiger partial charge on any atom is 0.350 e. The molecule has 2 heterocycles. The lowest BCUT2D eigenvalue weighted by Gasteiger charge is -2.05. The Morgan fingerprint density at radius 2 is 2.00 bits per heavy atom. The Morgan fingerprint density at radius 3 is 2.73 bits per heavy atom. The highest BCUT2D eigenvalue weighted by Gasteiger charge is 2.20. The van der Waals surface area contributed by atoms with Crippen molar-refractivity contribution in [2.45, 2.75) is 26.9 Å². The van der Waals surface area contributed by atoms with Crippen LogP contribution in [0, 0.1) is 6.92 Å². The van der Waals surface area contributed by atoms with E-state index in [0.29, 0.717) is 21.5 Å². The van der Waals surface area contributed by atoms with Gasteiger partial charge < -0.3 is 9.15 Å². The molecule has 0 saturated carbocycles. The Hall–Kier alpha value is -3.00. The number of fused-ring (bicyclic) bond motifs is 1. The van der Waals surface area contributed by atoms with Crippen LogP contribution >= 0.6 is 11.3 Å². The number of nitrogens with zero attached hydrogens (tertiary/aromatic N) is 1. The van der Waals surface area contributed by atoms with Crippen molar-refractivity contribution in [1.29, 1.82) is 0 Å². The van der Waals surface area contributed by atoms with Gasteiger partial charge in [-0.15, -0.1) is 0 Å². The van der Waals surface area contributed by atoms with E-state index in [1.807, 2.05) is 0 Å². The van der Waals surface area contributed by atoms with Crippen LogP contribution in [0.1, 0.15) is 39.6 Å². The molecular formula is C18H16N2O5S. The average molecular weight is 372 g/mol. The number of para-hydroxylation sites is 1. The molecule has 3 rings (SSSR count). The zero-order valence-electron chi connectivity index (χ0n) is 14.4. The van der Waals surface area contributed by atoms with E-state index >= 15 is 0 Å². The van der Waals surface area contributed by atoms with Crippen LogP contribution in [0.3, 0.4) is 0 Å². The van der Waals surface area contributed by atoms with Gasteiger partial charge in [-0.1, -0.05) is 29.5 Å². The minimum atomic E-state index is -0.742. The smallest absolute Gasteiger partial charge is 0.350 e. The van der Waals surface area contributed by atoms with Crippen LogP contribution in [0.25, 0.3) is 11.0 Å². The molecule has 2 aromatic heterocycles. The molecule has 0 radical (unpaired) electrons. The zero-order chi connectivity index (χ0) is 18.8. The molecule has 7 nitrogen and oxygen atoms in total. The van der Waals surface area contributed by atoms with Gasteiger partial charge in [-0.25, -0.2) is 14.6 Å². The number of carbonyl (C=O) groups is 2. The summed E-state index contributed by atoms with van der Waals surface area (Å²) in [5.41, 5.74) is -0.0314. The molecule has 1 amide bonds. The number of thiazole rings is 1. The van der Waals surface area contributed by atoms with E-state index in [2.05, 4.69) is 10.3 Å². The number of amides is 1. The molecule has 0 atom stereocenters. The molecule has 0 bridgehead atoms. The topological polar surface area (TPSA) is 98.5 Å². The molecule has 0 aliphatic carbocycles. The zero-order valence-corrected chi connectivity index (χ0v) is 15.2. The molecule has 0 spiro atoms. The number of aryl methyl sites for hydroxylation is 1. The van der Waals surface area contributed by atoms with Crippen molar-refractivity contribution >= 4 is 39.3 Å². The Morgan fingerprint density at radius 1 is 1.27 bits per heavy atom. The fraction of sp³-hybridized carbons (Fsp3) is 0.222. The van der Waals surface area contributed by atoms with Gasteiger partial charge in [-0.2, -0.15) is 0 Å². The number of esters is 1. The molecule has 26 heavy (non-hydrogen) atoms. The highest BCUT2D eigenvalue weighted by atomic mass is 32.1. The molecule has 1 aromatic carbocycles. The molecule has 8 heteroatoms. The minimum Gasteiger partial charge on any atom is -0.459 e. The predicted octanol–water partition coefficient (Wildman–Crippen LogP) is 3.38. The van der Waals surface area contributed by atoms with Crippen molar-refractivity contribution in [3.8, 4) is 0 Å². The number of hydrogen-bond donors (Lipinski definition) is 1. The van der Waals surface area contributed by atoms with Gasteiger partial charge in [-0.05, 0) is 32.9 Å². The molecule has 1 N–H and O–H groups in total. The van der Waals surface area contributed by atoms with Gasteiger partial charge in [0, 0.05) is 5.39 Å². The summed E-state index contributed by atoms with van der Waals surface area (Å²) in [6.07, 6.45) is -0.260. The van der Waals surface area contributed by atoms with Crippen molar-refractivity contribution in [1.82, 2.24) is 4.98 Å². The fourth-order valence-electron chi connectivity index (χ4n) is 2.29. The number of aromatic nitrogens is 1. The summed E-state index contributed by atoms with van der Waals surface area (Å²) in [5.74, 6) is -1.15. The van der Waals surface area contributed by atoms with Crippen molar-refractivity contribution in [2.75, 3.05) is 5.32 Å². The monoisotopic (exact) mass is 372 g/mol. The lowest BCUT2D eigenvalue weighted by atomic mass is 10.2. The third kappa shape index (κ3) is 3.65. The van der Waals surface area contributed by atoms with Gasteiger partial charge in [0.25, 0.3) is 5.91 Å². The fourth-order valence-corrected chi connectivity index (χ4v) is 3.14. The third-order valence-electron chi connectivity index (χ3n) is 3.43. The third-order valence-corrected chi connectivity index (χ3v) is 4.48.